The van der Waals surface area contributed by atoms with Crippen LogP contribution in [0.4, 0.5) is 17.6 Å². The fourth-order valence-electron chi connectivity index (χ4n) is 3.06. The van der Waals surface area contributed by atoms with Crippen molar-refractivity contribution in [1.82, 2.24) is 0 Å². The van der Waals surface area contributed by atoms with Crippen molar-refractivity contribution in [2.75, 3.05) is 6.54 Å². The van der Waals surface area contributed by atoms with Crippen LogP contribution in [-0.4, -0.2) is 18.8 Å². The van der Waals surface area contributed by atoms with Crippen LogP contribution in [0.1, 0.15) is 31.2 Å². The predicted molar refractivity (Wildman–Crippen MR) is 66.8 cm³/mol. The quantitative estimate of drug-likeness (QED) is 0.852. The van der Waals surface area contributed by atoms with E-state index in [1.54, 1.807) is 6.07 Å². The first-order valence-corrected chi connectivity index (χ1v) is 6.78. The van der Waals surface area contributed by atoms with E-state index in [1.807, 2.05) is 0 Å². The highest BCUT2D eigenvalue weighted by molar-refractivity contribution is 5.47. The van der Waals surface area contributed by atoms with Crippen LogP contribution in [0.3, 0.4) is 0 Å². The summed E-state index contributed by atoms with van der Waals surface area (Å²) in [5.74, 6) is -0.761. The smallest absolute Gasteiger partial charge is 0.421 e. The number of fused-ring (bicyclic) bond motifs is 1. The third-order valence-electron chi connectivity index (χ3n) is 4.32. The first-order chi connectivity index (χ1) is 9.80. The van der Waals surface area contributed by atoms with Crippen molar-refractivity contribution >= 4 is 0 Å². The van der Waals surface area contributed by atoms with Gasteiger partial charge in [-0.05, 0) is 30.5 Å². The minimum Gasteiger partial charge on any atom is -0.421 e. The molecule has 0 unspecified atom stereocenters. The Balaban J connectivity index is 2.00. The second-order valence-electron chi connectivity index (χ2n) is 5.59. The highest BCUT2D eigenvalue weighted by Crippen LogP contribution is 2.49. The van der Waals surface area contributed by atoms with Crippen molar-refractivity contribution in [3.05, 3.63) is 23.8 Å². The van der Waals surface area contributed by atoms with Gasteiger partial charge in [-0.15, -0.1) is 0 Å². The van der Waals surface area contributed by atoms with Crippen LogP contribution in [-0.2, 0) is 5.41 Å². The number of hydrogen-bond donors (Lipinski definition) is 1. The molecule has 2 aliphatic rings. The molecule has 0 amide bonds. The molecule has 1 aliphatic carbocycles. The Hall–Kier alpha value is -1.50. The number of rotatable bonds is 2. The minimum absolute atomic E-state index is 0.298. The van der Waals surface area contributed by atoms with E-state index in [9.17, 15) is 17.6 Å². The predicted octanol–water partition coefficient (Wildman–Crippen LogP) is 3.41. The van der Waals surface area contributed by atoms with Crippen LogP contribution in [0.5, 0.6) is 11.5 Å². The molecule has 1 aromatic rings. The molecule has 0 saturated heterocycles. The molecule has 0 bridgehead atoms. The van der Waals surface area contributed by atoms with Gasteiger partial charge in [0.1, 0.15) is 0 Å². The van der Waals surface area contributed by atoms with Gasteiger partial charge in [-0.1, -0.05) is 18.9 Å². The van der Waals surface area contributed by atoms with Gasteiger partial charge in [-0.25, -0.2) is 0 Å². The molecule has 7 heteroatoms. The Morgan fingerprint density at radius 2 is 1.52 bits per heavy atom. The summed E-state index contributed by atoms with van der Waals surface area (Å²) in [6.07, 6.45) is -5.68. The van der Waals surface area contributed by atoms with E-state index in [0.717, 1.165) is 31.2 Å². The highest BCUT2D eigenvalue weighted by atomic mass is 19.3. The van der Waals surface area contributed by atoms with E-state index in [-0.39, 0.29) is 16.9 Å². The van der Waals surface area contributed by atoms with Crippen LogP contribution in [0.25, 0.3) is 0 Å². The minimum atomic E-state index is -4.69. The Bertz CT molecular complexity index is 556. The lowest BCUT2D eigenvalue weighted by atomic mass is 9.79. The molecule has 1 aromatic carbocycles. The van der Waals surface area contributed by atoms with Gasteiger partial charge in [0, 0.05) is 12.0 Å². The maximum Gasteiger partial charge on any atom is 0.507 e. The van der Waals surface area contributed by atoms with Crippen molar-refractivity contribution in [3.63, 3.8) is 0 Å². The summed E-state index contributed by atoms with van der Waals surface area (Å²) < 4.78 is 60.9. The van der Waals surface area contributed by atoms with E-state index in [1.165, 1.54) is 12.1 Å². The van der Waals surface area contributed by atoms with E-state index >= 15 is 0 Å². The lowest BCUT2D eigenvalue weighted by Gasteiger charge is -2.34. The average molecular weight is 305 g/mol. The van der Waals surface area contributed by atoms with Gasteiger partial charge in [-0.2, -0.15) is 17.6 Å². The fourth-order valence-corrected chi connectivity index (χ4v) is 3.06. The Kier molecular flexibility index (Phi) is 3.09. The highest BCUT2D eigenvalue weighted by Gasteiger charge is 2.66. The Morgan fingerprint density at radius 1 is 0.952 bits per heavy atom. The van der Waals surface area contributed by atoms with Crippen LogP contribution in [0.2, 0.25) is 0 Å². The molecule has 0 spiro atoms. The normalized spacial score (nSPS) is 24.8. The molecule has 1 aliphatic heterocycles. The van der Waals surface area contributed by atoms with Crippen LogP contribution >= 0.6 is 0 Å². The fraction of sp³-hybridized carbons (Fsp3) is 0.571. The molecular weight excluding hydrogens is 290 g/mol. The van der Waals surface area contributed by atoms with Crippen molar-refractivity contribution in [3.8, 4) is 11.5 Å². The molecule has 1 heterocycles. The van der Waals surface area contributed by atoms with Crippen molar-refractivity contribution in [1.29, 1.82) is 0 Å². The van der Waals surface area contributed by atoms with E-state index in [0.29, 0.717) is 6.54 Å². The topological polar surface area (TPSA) is 44.5 Å². The SMILES string of the molecule is NCC1(c2ccc3c(c2)OC(F)(F)C(F)(F)O3)CCCC1. The molecule has 0 atom stereocenters. The lowest BCUT2D eigenvalue weighted by molar-refractivity contribution is -0.391. The lowest BCUT2D eigenvalue weighted by Crippen LogP contribution is -2.52. The molecule has 1 fully saturated rings. The molecule has 2 N–H and O–H groups in total. The van der Waals surface area contributed by atoms with E-state index < -0.39 is 12.2 Å². The first-order valence-electron chi connectivity index (χ1n) is 6.78. The van der Waals surface area contributed by atoms with Crippen molar-refractivity contribution in [2.24, 2.45) is 5.73 Å². The van der Waals surface area contributed by atoms with Gasteiger partial charge in [0.05, 0.1) is 0 Å². The second-order valence-corrected chi connectivity index (χ2v) is 5.59. The van der Waals surface area contributed by atoms with Crippen LogP contribution in [0, 0.1) is 0 Å². The zero-order chi connectivity index (χ0) is 15.3. The largest absolute Gasteiger partial charge is 0.507 e. The number of benzene rings is 1. The Labute approximate surface area is 119 Å². The van der Waals surface area contributed by atoms with Crippen molar-refractivity contribution < 1.29 is 27.0 Å². The molecule has 116 valence electrons. The number of hydrogen-bond acceptors (Lipinski definition) is 3. The molecule has 0 radical (unpaired) electrons. The number of alkyl halides is 4. The molecule has 3 rings (SSSR count). The monoisotopic (exact) mass is 305 g/mol. The van der Waals surface area contributed by atoms with E-state index in [4.69, 9.17) is 5.73 Å². The summed E-state index contributed by atoms with van der Waals surface area (Å²) in [6, 6.07) is 4.18. The van der Waals surface area contributed by atoms with Crippen LogP contribution in [0.15, 0.2) is 18.2 Å². The van der Waals surface area contributed by atoms with E-state index in [2.05, 4.69) is 9.47 Å². The summed E-state index contributed by atoms with van der Waals surface area (Å²) in [4.78, 5) is 0. The van der Waals surface area contributed by atoms with Gasteiger partial charge < -0.3 is 15.2 Å². The molecule has 0 aromatic heterocycles. The average Bonchev–Trinajstić information content (AvgIpc) is 2.89. The van der Waals surface area contributed by atoms with Gasteiger partial charge in [0.2, 0.25) is 0 Å². The molecule has 1 saturated carbocycles. The van der Waals surface area contributed by atoms with Crippen LogP contribution < -0.4 is 15.2 Å². The molecule has 21 heavy (non-hydrogen) atoms. The van der Waals surface area contributed by atoms with Gasteiger partial charge in [0.25, 0.3) is 0 Å². The standard InChI is InChI=1S/C14H15F4NO2/c15-13(16)14(17,18)21-11-7-9(3-4-10(11)20-13)12(8-19)5-1-2-6-12/h3-4,7H,1-2,5-6,8,19H2. The summed E-state index contributed by atoms with van der Waals surface area (Å²) in [7, 11) is 0. The maximum atomic E-state index is 13.2. The third-order valence-corrected chi connectivity index (χ3v) is 4.32. The summed E-state index contributed by atoms with van der Waals surface area (Å²) in [6.45, 7) is 0.374. The first kappa shape index (κ1) is 14.4. The Morgan fingerprint density at radius 3 is 2.10 bits per heavy atom. The third kappa shape index (κ3) is 2.14. The summed E-state index contributed by atoms with van der Waals surface area (Å²) >= 11 is 0. The van der Waals surface area contributed by atoms with Gasteiger partial charge in [0.15, 0.2) is 11.5 Å². The number of halogens is 4. The zero-order valence-electron chi connectivity index (χ0n) is 11.2. The van der Waals surface area contributed by atoms with Gasteiger partial charge >= 0.3 is 12.2 Å². The number of ether oxygens (including phenoxy) is 2. The second kappa shape index (κ2) is 4.50. The molecule has 3 nitrogen and oxygen atoms in total. The van der Waals surface area contributed by atoms with Crippen molar-refractivity contribution in [2.45, 2.75) is 43.3 Å². The maximum absolute atomic E-state index is 13.2. The van der Waals surface area contributed by atoms with Gasteiger partial charge in [-0.3, -0.25) is 0 Å². The summed E-state index contributed by atoms with van der Waals surface area (Å²) in [5.41, 5.74) is 6.26. The number of nitrogens with two attached hydrogens (primary N) is 1. The zero-order valence-corrected chi connectivity index (χ0v) is 11.2. The summed E-state index contributed by atoms with van der Waals surface area (Å²) in [5, 5.41) is 0. The molecular formula is C14H15F4NO2.